The first-order valence-corrected chi connectivity index (χ1v) is 10.4. The fraction of sp³-hybridized carbons (Fsp3) is 0.435. The fourth-order valence-corrected chi connectivity index (χ4v) is 4.16. The van der Waals surface area contributed by atoms with E-state index in [9.17, 15) is 4.79 Å². The lowest BCUT2D eigenvalue weighted by Gasteiger charge is -2.28. The lowest BCUT2D eigenvalue weighted by atomic mass is 9.76. The molecule has 2 aromatic heterocycles. The Morgan fingerprint density at radius 2 is 2.07 bits per heavy atom. The number of carbonyl (C=O) groups is 1. The average Bonchev–Trinajstić information content (AvgIpc) is 3.32. The molecule has 30 heavy (non-hydrogen) atoms. The molecular weight excluding hydrogens is 376 g/mol. The number of rotatable bonds is 6. The van der Waals surface area contributed by atoms with E-state index >= 15 is 0 Å². The first kappa shape index (κ1) is 20.3. The van der Waals surface area contributed by atoms with Crippen molar-refractivity contribution in [2.45, 2.75) is 39.2 Å². The van der Waals surface area contributed by atoms with Crippen molar-refractivity contribution in [2.24, 2.45) is 5.41 Å². The van der Waals surface area contributed by atoms with E-state index in [0.29, 0.717) is 11.4 Å². The second-order valence-electron chi connectivity index (χ2n) is 9.22. The number of nitrogens with one attached hydrogen (secondary N) is 2. The largest absolute Gasteiger partial charge is 0.318 e. The summed E-state index contributed by atoms with van der Waals surface area (Å²) >= 11 is 0. The number of aromatic nitrogens is 4. The van der Waals surface area contributed by atoms with Gasteiger partial charge in [0, 0.05) is 24.0 Å². The van der Waals surface area contributed by atoms with Gasteiger partial charge >= 0.3 is 0 Å². The molecule has 0 saturated heterocycles. The highest BCUT2D eigenvalue weighted by molar-refractivity contribution is 6.03. The molecule has 0 bridgehead atoms. The van der Waals surface area contributed by atoms with Crippen molar-refractivity contribution in [3.8, 4) is 0 Å². The maximum absolute atomic E-state index is 12.9. The maximum Gasteiger partial charge on any atom is 0.276 e. The van der Waals surface area contributed by atoms with Crippen molar-refractivity contribution in [1.29, 1.82) is 0 Å². The van der Waals surface area contributed by atoms with Gasteiger partial charge in [-0.1, -0.05) is 44.2 Å². The summed E-state index contributed by atoms with van der Waals surface area (Å²) in [5.74, 6) is -0.185. The van der Waals surface area contributed by atoms with Crippen LogP contribution in [0.25, 0.3) is 0 Å². The number of carbonyl (C=O) groups excluding carboxylic acids is 1. The molecule has 7 heteroatoms. The van der Waals surface area contributed by atoms with Gasteiger partial charge in [0.15, 0.2) is 5.69 Å². The van der Waals surface area contributed by atoms with Crippen LogP contribution in [0, 0.1) is 5.41 Å². The highest BCUT2D eigenvalue weighted by Gasteiger charge is 2.30. The SMILES string of the molecule is CN(C)C[C@@H](c1ccccc1)n1cc(NC(=O)c2n[nH]c3c2CCC(C)(C)C3)cn1. The summed E-state index contributed by atoms with van der Waals surface area (Å²) in [5, 5.41) is 14.9. The molecule has 1 atom stereocenters. The fourth-order valence-electron chi connectivity index (χ4n) is 4.16. The molecule has 1 aliphatic rings. The van der Waals surface area contributed by atoms with Crippen molar-refractivity contribution in [3.63, 3.8) is 0 Å². The Kier molecular flexibility index (Phi) is 5.47. The Morgan fingerprint density at radius 1 is 1.30 bits per heavy atom. The van der Waals surface area contributed by atoms with Gasteiger partial charge in [0.2, 0.25) is 0 Å². The van der Waals surface area contributed by atoms with E-state index in [-0.39, 0.29) is 17.4 Å². The van der Waals surface area contributed by atoms with E-state index in [4.69, 9.17) is 0 Å². The molecule has 7 nitrogen and oxygen atoms in total. The van der Waals surface area contributed by atoms with Crippen LogP contribution in [0.5, 0.6) is 0 Å². The molecule has 4 rings (SSSR count). The monoisotopic (exact) mass is 406 g/mol. The molecule has 0 radical (unpaired) electrons. The smallest absolute Gasteiger partial charge is 0.276 e. The average molecular weight is 407 g/mol. The van der Waals surface area contributed by atoms with Gasteiger partial charge in [-0.15, -0.1) is 0 Å². The van der Waals surface area contributed by atoms with Crippen molar-refractivity contribution < 1.29 is 4.79 Å². The summed E-state index contributed by atoms with van der Waals surface area (Å²) in [6.45, 7) is 5.31. The van der Waals surface area contributed by atoms with Gasteiger partial charge in [-0.2, -0.15) is 10.2 Å². The third-order valence-corrected chi connectivity index (χ3v) is 5.78. The molecular formula is C23H30N6O. The molecule has 2 heterocycles. The molecule has 1 aromatic carbocycles. The van der Waals surface area contributed by atoms with Crippen LogP contribution in [0.2, 0.25) is 0 Å². The number of benzene rings is 1. The Labute approximate surface area is 177 Å². The summed E-state index contributed by atoms with van der Waals surface area (Å²) in [4.78, 5) is 15.0. The van der Waals surface area contributed by atoms with Gasteiger partial charge < -0.3 is 10.2 Å². The third kappa shape index (κ3) is 4.31. The van der Waals surface area contributed by atoms with Crippen molar-refractivity contribution >= 4 is 11.6 Å². The molecule has 158 valence electrons. The lowest BCUT2D eigenvalue weighted by Crippen LogP contribution is -2.25. The minimum Gasteiger partial charge on any atom is -0.318 e. The first-order valence-electron chi connectivity index (χ1n) is 10.4. The van der Waals surface area contributed by atoms with Crippen LogP contribution < -0.4 is 5.32 Å². The summed E-state index contributed by atoms with van der Waals surface area (Å²) in [6, 6.07) is 10.3. The van der Waals surface area contributed by atoms with Crippen molar-refractivity contribution in [3.05, 3.63) is 65.2 Å². The predicted octanol–water partition coefficient (Wildman–Crippen LogP) is 3.52. The number of nitrogens with zero attached hydrogens (tertiary/aromatic N) is 4. The minimum atomic E-state index is -0.185. The number of aromatic amines is 1. The topological polar surface area (TPSA) is 78.8 Å². The normalized spacial score (nSPS) is 16.3. The Balaban J connectivity index is 1.52. The van der Waals surface area contributed by atoms with E-state index in [2.05, 4.69) is 51.5 Å². The maximum atomic E-state index is 12.9. The van der Waals surface area contributed by atoms with Gasteiger partial charge in [-0.25, -0.2) is 0 Å². The molecule has 3 aromatic rings. The van der Waals surface area contributed by atoms with E-state index in [0.717, 1.165) is 37.1 Å². The number of amides is 1. The number of likely N-dealkylation sites (N-methyl/N-ethyl adjacent to an activating group) is 1. The van der Waals surface area contributed by atoms with Crippen LogP contribution in [0.15, 0.2) is 42.7 Å². The number of hydrogen-bond donors (Lipinski definition) is 2. The second-order valence-corrected chi connectivity index (χ2v) is 9.22. The molecule has 2 N–H and O–H groups in total. The zero-order valence-electron chi connectivity index (χ0n) is 18.1. The Hall–Kier alpha value is -2.93. The first-order chi connectivity index (χ1) is 14.3. The molecule has 0 saturated carbocycles. The molecule has 1 aliphatic carbocycles. The van der Waals surface area contributed by atoms with Gasteiger partial charge in [0.05, 0.1) is 17.9 Å². The Bertz CT molecular complexity index is 1020. The van der Waals surface area contributed by atoms with Crippen LogP contribution in [-0.4, -0.2) is 51.4 Å². The molecule has 0 aliphatic heterocycles. The van der Waals surface area contributed by atoms with E-state index < -0.39 is 0 Å². The summed E-state index contributed by atoms with van der Waals surface area (Å²) in [7, 11) is 4.09. The van der Waals surface area contributed by atoms with Crippen LogP contribution >= 0.6 is 0 Å². The third-order valence-electron chi connectivity index (χ3n) is 5.78. The summed E-state index contributed by atoms with van der Waals surface area (Å²) < 4.78 is 1.91. The Morgan fingerprint density at radius 3 is 2.80 bits per heavy atom. The summed E-state index contributed by atoms with van der Waals surface area (Å²) in [5.41, 5.74) is 4.73. The van der Waals surface area contributed by atoms with Crippen LogP contribution in [-0.2, 0) is 12.8 Å². The highest BCUT2D eigenvalue weighted by Crippen LogP contribution is 2.35. The lowest BCUT2D eigenvalue weighted by molar-refractivity contribution is 0.102. The van der Waals surface area contributed by atoms with E-state index in [1.807, 2.05) is 43.2 Å². The van der Waals surface area contributed by atoms with Gasteiger partial charge in [-0.3, -0.25) is 14.6 Å². The number of hydrogen-bond acceptors (Lipinski definition) is 4. The standard InChI is InChI=1S/C23H30N6O/c1-23(2)11-10-18-19(12-23)26-27-21(18)22(30)25-17-13-24-29(14-17)20(15-28(3)4)16-8-6-5-7-9-16/h5-9,13-14,20H,10-12,15H2,1-4H3,(H,25,30)(H,26,27)/t20-/m0/s1. The highest BCUT2D eigenvalue weighted by atomic mass is 16.2. The zero-order valence-corrected chi connectivity index (χ0v) is 18.1. The molecule has 0 unspecified atom stereocenters. The van der Waals surface area contributed by atoms with Gasteiger partial charge in [-0.05, 0) is 44.3 Å². The second kappa shape index (κ2) is 8.07. The number of anilines is 1. The van der Waals surface area contributed by atoms with E-state index in [1.165, 1.54) is 5.56 Å². The molecule has 0 spiro atoms. The van der Waals surface area contributed by atoms with Crippen molar-refractivity contribution in [2.75, 3.05) is 26.0 Å². The quantitative estimate of drug-likeness (QED) is 0.656. The van der Waals surface area contributed by atoms with E-state index in [1.54, 1.807) is 6.20 Å². The minimum absolute atomic E-state index is 0.0622. The number of H-pyrrole nitrogens is 1. The van der Waals surface area contributed by atoms with Crippen LogP contribution in [0.1, 0.15) is 53.6 Å². The summed E-state index contributed by atoms with van der Waals surface area (Å²) in [6.07, 6.45) is 6.44. The zero-order chi connectivity index (χ0) is 21.3. The van der Waals surface area contributed by atoms with Crippen LogP contribution in [0.3, 0.4) is 0 Å². The number of fused-ring (bicyclic) bond motifs is 1. The molecule has 1 amide bonds. The van der Waals surface area contributed by atoms with Gasteiger partial charge in [0.1, 0.15) is 0 Å². The van der Waals surface area contributed by atoms with Crippen LogP contribution in [0.4, 0.5) is 5.69 Å². The molecule has 0 fully saturated rings. The van der Waals surface area contributed by atoms with Gasteiger partial charge in [0.25, 0.3) is 5.91 Å². The van der Waals surface area contributed by atoms with Crippen molar-refractivity contribution in [1.82, 2.24) is 24.9 Å². The predicted molar refractivity (Wildman–Crippen MR) is 118 cm³/mol.